The molecule has 0 aliphatic carbocycles. The van der Waals surface area contributed by atoms with Crippen molar-refractivity contribution in [3.63, 3.8) is 0 Å². The van der Waals surface area contributed by atoms with Crippen molar-refractivity contribution in [1.29, 1.82) is 0 Å². The summed E-state index contributed by atoms with van der Waals surface area (Å²) >= 11 is 0. The highest BCUT2D eigenvalue weighted by molar-refractivity contribution is 7.87. The van der Waals surface area contributed by atoms with E-state index in [1.807, 2.05) is 13.8 Å². The average molecular weight is 420 g/mol. The van der Waals surface area contributed by atoms with Gasteiger partial charge in [0.15, 0.2) is 17.5 Å². The molecule has 0 saturated carbocycles. The molecule has 3 aliphatic rings. The van der Waals surface area contributed by atoms with Gasteiger partial charge in [-0.05, 0) is 18.8 Å². The van der Waals surface area contributed by atoms with Crippen LogP contribution in [0.5, 0.6) is 0 Å². The van der Waals surface area contributed by atoms with Gasteiger partial charge in [0.1, 0.15) is 6.10 Å². The molecule has 0 amide bonds. The first-order chi connectivity index (χ1) is 13.1. The van der Waals surface area contributed by atoms with Gasteiger partial charge in [0.2, 0.25) is 0 Å². The summed E-state index contributed by atoms with van der Waals surface area (Å²) in [4.78, 5) is 36.0. The van der Waals surface area contributed by atoms with Gasteiger partial charge in [0.05, 0.1) is 25.0 Å². The number of hydrogen-bond donors (Lipinski definition) is 1. The van der Waals surface area contributed by atoms with Gasteiger partial charge in [-0.2, -0.15) is 8.42 Å². The van der Waals surface area contributed by atoms with E-state index in [1.165, 1.54) is 0 Å². The van der Waals surface area contributed by atoms with Crippen molar-refractivity contribution < 1.29 is 46.3 Å². The summed E-state index contributed by atoms with van der Waals surface area (Å²) in [6.45, 7) is 3.93. The van der Waals surface area contributed by atoms with Crippen LogP contribution in [0.4, 0.5) is 0 Å². The average Bonchev–Trinajstić information content (AvgIpc) is 3.22. The molecule has 3 rings (SSSR count). The summed E-state index contributed by atoms with van der Waals surface area (Å²) in [5.41, 5.74) is 0. The van der Waals surface area contributed by atoms with Crippen LogP contribution in [0, 0.1) is 11.8 Å². The molecule has 0 spiro atoms. The van der Waals surface area contributed by atoms with Crippen molar-refractivity contribution in [2.24, 2.45) is 11.8 Å². The number of carbonyl (C=O) groups is 3. The summed E-state index contributed by atoms with van der Waals surface area (Å²) in [6.07, 6.45) is -1.71. The highest BCUT2D eigenvalue weighted by Gasteiger charge is 2.65. The summed E-state index contributed by atoms with van der Waals surface area (Å²) in [7, 11) is -4.91. The molecular formula is C17H24O10S. The summed E-state index contributed by atoms with van der Waals surface area (Å²) in [5.74, 6) is -2.99. The van der Waals surface area contributed by atoms with Gasteiger partial charge in [-0.1, -0.05) is 20.3 Å². The molecule has 10 nitrogen and oxygen atoms in total. The third kappa shape index (κ3) is 4.15. The third-order valence-electron chi connectivity index (χ3n) is 5.32. The Morgan fingerprint density at radius 2 is 2.04 bits per heavy atom. The monoisotopic (exact) mass is 420 g/mol. The molecule has 3 saturated heterocycles. The van der Waals surface area contributed by atoms with E-state index in [0.717, 1.165) is 12.8 Å². The van der Waals surface area contributed by atoms with Crippen molar-refractivity contribution in [2.75, 3.05) is 6.61 Å². The van der Waals surface area contributed by atoms with E-state index in [9.17, 15) is 27.4 Å². The van der Waals surface area contributed by atoms with Crippen LogP contribution in [-0.2, 0) is 43.4 Å². The fourth-order valence-electron chi connectivity index (χ4n) is 3.92. The van der Waals surface area contributed by atoms with Crippen LogP contribution in [0.15, 0.2) is 0 Å². The van der Waals surface area contributed by atoms with Crippen LogP contribution in [0.1, 0.15) is 39.5 Å². The lowest BCUT2D eigenvalue weighted by Crippen LogP contribution is -2.44. The van der Waals surface area contributed by atoms with E-state index in [1.54, 1.807) is 0 Å². The fraction of sp³-hybridized carbons (Fsp3) is 0.824. The van der Waals surface area contributed by atoms with Gasteiger partial charge < -0.3 is 18.9 Å². The van der Waals surface area contributed by atoms with Crippen LogP contribution in [-0.4, -0.2) is 67.2 Å². The Bertz CT molecular complexity index is 747. The Kier molecular flexibility index (Phi) is 5.97. The molecule has 158 valence electrons. The van der Waals surface area contributed by atoms with Crippen LogP contribution in [0.2, 0.25) is 0 Å². The molecule has 7 atom stereocenters. The van der Waals surface area contributed by atoms with E-state index in [-0.39, 0.29) is 12.5 Å². The molecule has 0 aromatic carbocycles. The number of fused-ring (bicyclic) bond motifs is 1. The zero-order valence-electron chi connectivity index (χ0n) is 15.6. The zero-order chi connectivity index (χ0) is 20.6. The minimum Gasteiger partial charge on any atom is -0.465 e. The molecule has 0 aromatic rings. The van der Waals surface area contributed by atoms with Gasteiger partial charge >= 0.3 is 17.9 Å². The second-order valence-corrected chi connectivity index (χ2v) is 9.17. The second kappa shape index (κ2) is 7.96. The second-order valence-electron chi connectivity index (χ2n) is 7.57. The lowest BCUT2D eigenvalue weighted by molar-refractivity contribution is -0.161. The third-order valence-corrected chi connectivity index (χ3v) is 6.40. The first-order valence-corrected chi connectivity index (χ1v) is 10.8. The number of ether oxygens (including phenoxy) is 4. The lowest BCUT2D eigenvalue weighted by atomic mass is 9.88. The topological polar surface area (TPSA) is 142 Å². The largest absolute Gasteiger partial charge is 0.465 e. The molecule has 2 bridgehead atoms. The summed E-state index contributed by atoms with van der Waals surface area (Å²) < 4.78 is 53.5. The van der Waals surface area contributed by atoms with E-state index in [2.05, 4.69) is 0 Å². The first kappa shape index (κ1) is 21.0. The maximum absolute atomic E-state index is 12.4. The highest BCUT2D eigenvalue weighted by atomic mass is 32.2. The molecule has 3 heterocycles. The van der Waals surface area contributed by atoms with E-state index < -0.39 is 70.0 Å². The predicted octanol–water partition coefficient (Wildman–Crippen LogP) is 0.237. The van der Waals surface area contributed by atoms with Crippen molar-refractivity contribution in [3.05, 3.63) is 0 Å². The van der Waals surface area contributed by atoms with Crippen LogP contribution < -0.4 is 0 Å². The van der Waals surface area contributed by atoms with Crippen LogP contribution in [0.3, 0.4) is 0 Å². The van der Waals surface area contributed by atoms with E-state index >= 15 is 0 Å². The predicted molar refractivity (Wildman–Crippen MR) is 91.5 cm³/mol. The summed E-state index contributed by atoms with van der Waals surface area (Å²) in [6, 6.07) is 0. The minimum atomic E-state index is -4.91. The Morgan fingerprint density at radius 1 is 1.32 bits per heavy atom. The standard InChI is InChI=1S/C17H24O10S/c1-3-4-8(2)7-24-12(18)6-11(28(21,22)23)17(20)26-14-10-5-9-13(25-10)15(14)27-16(9)19/h8-11,13-15H,3-7H2,1-2H3,(H,21,22,23). The Hall–Kier alpha value is -1.72. The molecule has 3 fully saturated rings. The SMILES string of the molecule is CCCC(C)COC(=O)CC(C(=O)OC1C2CC3C(=O)OC1C3O2)S(=O)(=O)O. The smallest absolute Gasteiger partial charge is 0.327 e. The van der Waals surface area contributed by atoms with Crippen molar-refractivity contribution in [1.82, 2.24) is 0 Å². The zero-order valence-corrected chi connectivity index (χ0v) is 16.4. The Labute approximate surface area is 162 Å². The molecule has 7 unspecified atom stereocenters. The Morgan fingerprint density at radius 3 is 2.68 bits per heavy atom. The van der Waals surface area contributed by atoms with Gasteiger partial charge in [-0.3, -0.25) is 18.9 Å². The van der Waals surface area contributed by atoms with Crippen molar-refractivity contribution in [2.45, 2.75) is 69.2 Å². The molecule has 28 heavy (non-hydrogen) atoms. The number of rotatable bonds is 9. The van der Waals surface area contributed by atoms with Gasteiger partial charge in [0, 0.05) is 0 Å². The van der Waals surface area contributed by atoms with Gasteiger partial charge in [-0.15, -0.1) is 0 Å². The van der Waals surface area contributed by atoms with Gasteiger partial charge in [0.25, 0.3) is 10.1 Å². The van der Waals surface area contributed by atoms with Crippen molar-refractivity contribution in [3.8, 4) is 0 Å². The van der Waals surface area contributed by atoms with E-state index in [0.29, 0.717) is 6.42 Å². The molecule has 0 radical (unpaired) electrons. The molecular weight excluding hydrogens is 396 g/mol. The summed E-state index contributed by atoms with van der Waals surface area (Å²) in [5, 5.41) is -2.12. The lowest BCUT2D eigenvalue weighted by Gasteiger charge is -2.24. The first-order valence-electron chi connectivity index (χ1n) is 9.30. The number of hydrogen-bond acceptors (Lipinski definition) is 9. The minimum absolute atomic E-state index is 0.0829. The molecule has 0 aromatic heterocycles. The Balaban J connectivity index is 1.60. The van der Waals surface area contributed by atoms with Crippen LogP contribution >= 0.6 is 0 Å². The van der Waals surface area contributed by atoms with Crippen molar-refractivity contribution >= 4 is 28.0 Å². The normalized spacial score (nSPS) is 32.7. The molecule has 3 aliphatic heterocycles. The maximum atomic E-state index is 12.4. The molecule has 1 N–H and O–H groups in total. The maximum Gasteiger partial charge on any atom is 0.327 e. The van der Waals surface area contributed by atoms with E-state index in [4.69, 9.17) is 18.9 Å². The van der Waals surface area contributed by atoms with Gasteiger partial charge in [-0.25, -0.2) is 0 Å². The quantitative estimate of drug-likeness (QED) is 0.313. The fourth-order valence-corrected chi connectivity index (χ4v) is 4.57. The molecule has 11 heteroatoms. The number of esters is 3. The highest BCUT2D eigenvalue weighted by Crippen LogP contribution is 2.47. The number of carbonyl (C=O) groups excluding carboxylic acids is 3. The van der Waals surface area contributed by atoms with Crippen LogP contribution in [0.25, 0.3) is 0 Å².